The molecule has 0 unspecified atom stereocenters. The van der Waals surface area contributed by atoms with Crippen molar-refractivity contribution in [3.05, 3.63) is 46.0 Å². The first kappa shape index (κ1) is 15.5. The van der Waals surface area contributed by atoms with Gasteiger partial charge >= 0.3 is 5.69 Å². The van der Waals surface area contributed by atoms with E-state index in [0.717, 1.165) is 35.6 Å². The second kappa shape index (κ2) is 5.82. The summed E-state index contributed by atoms with van der Waals surface area (Å²) in [6.07, 6.45) is 1.81. The normalized spacial score (nSPS) is 11.3. The third-order valence-electron chi connectivity index (χ3n) is 2.74. The van der Waals surface area contributed by atoms with Crippen LogP contribution in [0.25, 0.3) is 0 Å². The van der Waals surface area contributed by atoms with Gasteiger partial charge < -0.3 is 4.74 Å². The van der Waals surface area contributed by atoms with Crippen molar-refractivity contribution < 1.29 is 18.1 Å². The second-order valence-electron chi connectivity index (χ2n) is 4.37. The molecule has 0 spiro atoms. The van der Waals surface area contributed by atoms with Crippen molar-refractivity contribution in [1.82, 2.24) is 0 Å². The number of nitro groups is 1. The van der Waals surface area contributed by atoms with Crippen LogP contribution in [0.5, 0.6) is 10.8 Å². The lowest BCUT2D eigenvalue weighted by Gasteiger charge is -2.04. The van der Waals surface area contributed by atoms with Crippen LogP contribution in [0.3, 0.4) is 0 Å². The van der Waals surface area contributed by atoms with Crippen molar-refractivity contribution in [3.8, 4) is 10.8 Å². The summed E-state index contributed by atoms with van der Waals surface area (Å²) in [4.78, 5) is 10.4. The molecular formula is C13H13NO5S2. The molecule has 0 atom stereocenters. The summed E-state index contributed by atoms with van der Waals surface area (Å²) in [5, 5.41) is 11.0. The maximum absolute atomic E-state index is 11.5. The predicted molar refractivity (Wildman–Crippen MR) is 80.0 cm³/mol. The number of hydrogen-bond acceptors (Lipinski definition) is 6. The maximum Gasteiger partial charge on any atom is 0.324 e. The zero-order chi connectivity index (χ0) is 15.6. The molecule has 0 fully saturated rings. The lowest BCUT2D eigenvalue weighted by Crippen LogP contribution is -1.92. The molecule has 112 valence electrons. The highest BCUT2D eigenvalue weighted by molar-refractivity contribution is 7.92. The maximum atomic E-state index is 11.5. The fourth-order valence-electron chi connectivity index (χ4n) is 1.66. The summed E-state index contributed by atoms with van der Waals surface area (Å²) >= 11 is 0.751. The van der Waals surface area contributed by atoms with Gasteiger partial charge in [-0.25, -0.2) is 8.42 Å². The summed E-state index contributed by atoms with van der Waals surface area (Å²) in [5.41, 5.74) is 0.678. The minimum Gasteiger partial charge on any atom is -0.440 e. The van der Waals surface area contributed by atoms with E-state index in [-0.39, 0.29) is 15.0 Å². The Balaban J connectivity index is 2.43. The predicted octanol–water partition coefficient (Wildman–Crippen LogP) is 3.41. The Morgan fingerprint density at radius 1 is 1.33 bits per heavy atom. The summed E-state index contributed by atoms with van der Waals surface area (Å²) in [6, 6.07) is 8.16. The number of rotatable bonds is 5. The number of hydrogen-bond donors (Lipinski definition) is 0. The SMILES string of the molecule is CCc1cccc(Oc2sc(S(C)(=O)=O)cc2[N+](=O)[O-])c1. The fourth-order valence-corrected chi connectivity index (χ4v) is 3.55. The van der Waals surface area contributed by atoms with Gasteiger partial charge in [0.1, 0.15) is 9.96 Å². The van der Waals surface area contributed by atoms with Crippen LogP contribution in [0, 0.1) is 10.1 Å². The molecule has 0 N–H and O–H groups in total. The van der Waals surface area contributed by atoms with Crippen LogP contribution < -0.4 is 4.74 Å². The third kappa shape index (κ3) is 3.59. The van der Waals surface area contributed by atoms with Gasteiger partial charge in [-0.05, 0) is 24.1 Å². The number of nitrogens with zero attached hydrogens (tertiary/aromatic N) is 1. The van der Waals surface area contributed by atoms with Crippen molar-refractivity contribution in [2.24, 2.45) is 0 Å². The molecule has 2 aromatic rings. The molecule has 8 heteroatoms. The zero-order valence-electron chi connectivity index (χ0n) is 11.4. The van der Waals surface area contributed by atoms with Gasteiger partial charge in [0.05, 0.1) is 4.92 Å². The highest BCUT2D eigenvalue weighted by Gasteiger charge is 2.25. The molecule has 1 heterocycles. The van der Waals surface area contributed by atoms with Crippen LogP contribution in [0.1, 0.15) is 12.5 Å². The van der Waals surface area contributed by atoms with Crippen LogP contribution in [0.4, 0.5) is 5.69 Å². The Labute approximate surface area is 126 Å². The average molecular weight is 327 g/mol. The van der Waals surface area contributed by atoms with Gasteiger partial charge in [-0.15, -0.1) is 0 Å². The van der Waals surface area contributed by atoms with Gasteiger partial charge in [0.2, 0.25) is 0 Å². The smallest absolute Gasteiger partial charge is 0.324 e. The van der Waals surface area contributed by atoms with E-state index in [1.165, 1.54) is 0 Å². The number of benzene rings is 1. The average Bonchev–Trinajstić information content (AvgIpc) is 2.83. The third-order valence-corrected chi connectivity index (χ3v) is 5.54. The minimum absolute atomic E-state index is 0.0336. The summed E-state index contributed by atoms with van der Waals surface area (Å²) in [5.74, 6) is 0.444. The quantitative estimate of drug-likeness (QED) is 0.620. The van der Waals surface area contributed by atoms with Crippen molar-refractivity contribution in [3.63, 3.8) is 0 Å². The van der Waals surface area contributed by atoms with Gasteiger partial charge in [-0.2, -0.15) is 0 Å². The molecule has 6 nitrogen and oxygen atoms in total. The molecule has 1 aromatic carbocycles. The molecule has 0 radical (unpaired) electrons. The molecule has 0 amide bonds. The van der Waals surface area contributed by atoms with Crippen molar-refractivity contribution in [2.75, 3.05) is 6.26 Å². The number of ether oxygens (including phenoxy) is 1. The Kier molecular flexibility index (Phi) is 4.29. The van der Waals surface area contributed by atoms with Gasteiger partial charge in [0, 0.05) is 12.3 Å². The van der Waals surface area contributed by atoms with Gasteiger partial charge in [0.25, 0.3) is 5.06 Å². The molecule has 0 aliphatic rings. The lowest BCUT2D eigenvalue weighted by molar-refractivity contribution is -0.385. The van der Waals surface area contributed by atoms with E-state index in [9.17, 15) is 18.5 Å². The lowest BCUT2D eigenvalue weighted by atomic mass is 10.2. The van der Waals surface area contributed by atoms with E-state index in [1.807, 2.05) is 13.0 Å². The molecule has 0 aliphatic heterocycles. The minimum atomic E-state index is -3.51. The number of thiophene rings is 1. The zero-order valence-corrected chi connectivity index (χ0v) is 13.0. The molecule has 2 rings (SSSR count). The van der Waals surface area contributed by atoms with Crippen molar-refractivity contribution in [1.29, 1.82) is 0 Å². The van der Waals surface area contributed by atoms with E-state index in [0.29, 0.717) is 5.75 Å². The molecule has 0 bridgehead atoms. The van der Waals surface area contributed by atoms with E-state index < -0.39 is 14.8 Å². The first-order valence-electron chi connectivity index (χ1n) is 6.06. The Hall–Kier alpha value is -1.93. The van der Waals surface area contributed by atoms with E-state index in [2.05, 4.69) is 0 Å². The number of aryl methyl sites for hydroxylation is 1. The Morgan fingerprint density at radius 3 is 2.62 bits per heavy atom. The molecule has 0 saturated heterocycles. The van der Waals surface area contributed by atoms with Gasteiger partial charge in [-0.1, -0.05) is 30.4 Å². The highest BCUT2D eigenvalue weighted by atomic mass is 32.2. The summed E-state index contributed by atoms with van der Waals surface area (Å²) in [6.45, 7) is 1.98. The van der Waals surface area contributed by atoms with Gasteiger partial charge in [0.15, 0.2) is 9.84 Å². The topological polar surface area (TPSA) is 86.5 Å². The standard InChI is InChI=1S/C13H13NO5S2/c1-3-9-5-4-6-10(7-9)19-13-11(14(15)16)8-12(20-13)21(2,17)18/h4-8H,3H2,1-2H3. The van der Waals surface area contributed by atoms with E-state index >= 15 is 0 Å². The molecule has 0 saturated carbocycles. The highest BCUT2D eigenvalue weighted by Crippen LogP contribution is 2.41. The Bertz CT molecular complexity index is 780. The monoisotopic (exact) mass is 327 g/mol. The van der Waals surface area contributed by atoms with Crippen molar-refractivity contribution >= 4 is 26.9 Å². The molecule has 21 heavy (non-hydrogen) atoms. The summed E-state index contributed by atoms with van der Waals surface area (Å²) in [7, 11) is -3.51. The van der Waals surface area contributed by atoms with Crippen LogP contribution in [-0.4, -0.2) is 19.6 Å². The van der Waals surface area contributed by atoms with Crippen LogP contribution >= 0.6 is 11.3 Å². The Morgan fingerprint density at radius 2 is 2.05 bits per heavy atom. The van der Waals surface area contributed by atoms with E-state index in [4.69, 9.17) is 4.74 Å². The second-order valence-corrected chi connectivity index (χ2v) is 7.63. The molecular weight excluding hydrogens is 314 g/mol. The largest absolute Gasteiger partial charge is 0.440 e. The fraction of sp³-hybridized carbons (Fsp3) is 0.231. The van der Waals surface area contributed by atoms with Crippen LogP contribution in [-0.2, 0) is 16.3 Å². The first-order valence-corrected chi connectivity index (χ1v) is 8.77. The molecule has 0 aliphatic carbocycles. The van der Waals surface area contributed by atoms with Gasteiger partial charge in [-0.3, -0.25) is 10.1 Å². The first-order chi connectivity index (χ1) is 9.81. The van der Waals surface area contributed by atoms with Crippen LogP contribution in [0.15, 0.2) is 34.5 Å². The number of sulfone groups is 1. The van der Waals surface area contributed by atoms with E-state index in [1.54, 1.807) is 18.2 Å². The van der Waals surface area contributed by atoms with Crippen LogP contribution in [0.2, 0.25) is 0 Å². The summed E-state index contributed by atoms with van der Waals surface area (Å²) < 4.78 is 28.4. The molecule has 1 aromatic heterocycles. The van der Waals surface area contributed by atoms with Crippen molar-refractivity contribution in [2.45, 2.75) is 17.6 Å².